The number of aromatic nitrogens is 2. The molecule has 0 fully saturated rings. The van der Waals surface area contributed by atoms with Crippen molar-refractivity contribution in [3.05, 3.63) is 53.2 Å². The van der Waals surface area contributed by atoms with Gasteiger partial charge in [0, 0.05) is 16.8 Å². The molecule has 3 rings (SSSR count). The van der Waals surface area contributed by atoms with Crippen molar-refractivity contribution in [1.82, 2.24) is 10.2 Å². The molecular weight excluding hydrogens is 326 g/mol. The van der Waals surface area contributed by atoms with Crippen LogP contribution in [-0.2, 0) is 6.42 Å². The molecule has 0 atom stereocenters. The van der Waals surface area contributed by atoms with Crippen molar-refractivity contribution < 1.29 is 9.90 Å². The second-order valence-corrected chi connectivity index (χ2v) is 6.74. The Balaban J connectivity index is 2.21. The molecule has 0 radical (unpaired) electrons. The van der Waals surface area contributed by atoms with Gasteiger partial charge in [0.2, 0.25) is 0 Å². The van der Waals surface area contributed by atoms with Gasteiger partial charge in [0.25, 0.3) is 0 Å². The average Bonchev–Trinajstić information content (AvgIpc) is 2.60. The number of anilines is 1. The van der Waals surface area contributed by atoms with Gasteiger partial charge in [-0.1, -0.05) is 19.1 Å². The first kappa shape index (κ1) is 17.9. The third kappa shape index (κ3) is 3.25. The fourth-order valence-corrected chi connectivity index (χ4v) is 3.36. The molecule has 134 valence electrons. The number of benzene rings is 2. The standard InChI is InChI=1S/C21H23N3O2/c1-5-16-18(21(25)26)8-6-13(4)19(16)14-7-9-17-15(10-14)11-22-24-20(17)23-12(2)3/h6-12H,5H2,1-4H3,(H,23,24)(H,25,26). The lowest BCUT2D eigenvalue weighted by atomic mass is 9.89. The highest BCUT2D eigenvalue weighted by molar-refractivity contribution is 5.97. The van der Waals surface area contributed by atoms with Crippen molar-refractivity contribution >= 4 is 22.6 Å². The smallest absolute Gasteiger partial charge is 0.335 e. The van der Waals surface area contributed by atoms with Crippen LogP contribution in [0.2, 0.25) is 0 Å². The molecule has 0 unspecified atom stereocenters. The van der Waals surface area contributed by atoms with E-state index in [9.17, 15) is 9.90 Å². The summed E-state index contributed by atoms with van der Waals surface area (Å²) in [5.41, 5.74) is 4.28. The first-order valence-corrected chi connectivity index (χ1v) is 8.80. The van der Waals surface area contributed by atoms with E-state index in [1.807, 2.05) is 32.0 Å². The number of nitrogens with zero attached hydrogens (tertiary/aromatic N) is 2. The molecule has 0 amide bonds. The van der Waals surface area contributed by atoms with Crippen molar-refractivity contribution in [1.29, 1.82) is 0 Å². The number of hydrogen-bond donors (Lipinski definition) is 2. The Kier molecular flexibility index (Phi) is 4.89. The molecule has 1 heterocycles. The lowest BCUT2D eigenvalue weighted by Crippen LogP contribution is -2.11. The van der Waals surface area contributed by atoms with Crippen LogP contribution in [0.5, 0.6) is 0 Å². The first-order valence-electron chi connectivity index (χ1n) is 8.80. The highest BCUT2D eigenvalue weighted by atomic mass is 16.4. The molecule has 5 nitrogen and oxygen atoms in total. The SMILES string of the molecule is CCc1c(C(=O)O)ccc(C)c1-c1ccc2c(NC(C)C)nncc2c1. The highest BCUT2D eigenvalue weighted by Crippen LogP contribution is 2.33. The van der Waals surface area contributed by atoms with Crippen LogP contribution in [-0.4, -0.2) is 27.3 Å². The molecule has 1 aromatic heterocycles. The number of fused-ring (bicyclic) bond motifs is 1. The summed E-state index contributed by atoms with van der Waals surface area (Å²) in [6.45, 7) is 8.12. The topological polar surface area (TPSA) is 75.1 Å². The van der Waals surface area contributed by atoms with Crippen LogP contribution in [0.1, 0.15) is 42.3 Å². The molecule has 0 aliphatic rings. The monoisotopic (exact) mass is 349 g/mol. The van der Waals surface area contributed by atoms with Gasteiger partial charge in [0.15, 0.2) is 5.82 Å². The van der Waals surface area contributed by atoms with Gasteiger partial charge < -0.3 is 10.4 Å². The Hall–Kier alpha value is -2.95. The summed E-state index contributed by atoms with van der Waals surface area (Å²) in [7, 11) is 0. The first-order chi connectivity index (χ1) is 12.4. The quantitative estimate of drug-likeness (QED) is 0.699. The number of nitrogens with one attached hydrogen (secondary N) is 1. The van der Waals surface area contributed by atoms with Crippen molar-refractivity contribution in [3.8, 4) is 11.1 Å². The van der Waals surface area contributed by atoms with E-state index in [2.05, 4.69) is 35.4 Å². The van der Waals surface area contributed by atoms with Gasteiger partial charge in [-0.05, 0) is 67.6 Å². The summed E-state index contributed by atoms with van der Waals surface area (Å²) in [5, 5.41) is 23.1. The summed E-state index contributed by atoms with van der Waals surface area (Å²) in [4.78, 5) is 11.6. The van der Waals surface area contributed by atoms with E-state index in [0.29, 0.717) is 12.0 Å². The molecule has 2 N–H and O–H groups in total. The maximum atomic E-state index is 11.6. The second-order valence-electron chi connectivity index (χ2n) is 6.74. The molecule has 0 spiro atoms. The van der Waals surface area contributed by atoms with E-state index < -0.39 is 5.97 Å². The molecule has 2 aromatic carbocycles. The van der Waals surface area contributed by atoms with Gasteiger partial charge in [0.1, 0.15) is 0 Å². The minimum absolute atomic E-state index is 0.260. The zero-order chi connectivity index (χ0) is 18.8. The van der Waals surface area contributed by atoms with Crippen LogP contribution in [0.4, 0.5) is 5.82 Å². The zero-order valence-corrected chi connectivity index (χ0v) is 15.5. The van der Waals surface area contributed by atoms with Crippen LogP contribution in [0, 0.1) is 6.92 Å². The number of rotatable bonds is 5. The summed E-state index contributed by atoms with van der Waals surface area (Å²) >= 11 is 0. The van der Waals surface area contributed by atoms with Gasteiger partial charge in [-0.25, -0.2) is 4.79 Å². The molecular formula is C21H23N3O2. The molecule has 0 bridgehead atoms. The second kappa shape index (κ2) is 7.12. The van der Waals surface area contributed by atoms with Crippen molar-refractivity contribution in [3.63, 3.8) is 0 Å². The summed E-state index contributed by atoms with van der Waals surface area (Å²) in [6, 6.07) is 9.94. The van der Waals surface area contributed by atoms with E-state index in [4.69, 9.17) is 0 Å². The minimum atomic E-state index is -0.891. The van der Waals surface area contributed by atoms with E-state index in [1.54, 1.807) is 12.3 Å². The molecule has 0 saturated heterocycles. The Morgan fingerprint density at radius 2 is 2.00 bits per heavy atom. The zero-order valence-electron chi connectivity index (χ0n) is 15.5. The normalized spacial score (nSPS) is 11.1. The third-order valence-corrected chi connectivity index (χ3v) is 4.48. The number of aromatic carboxylic acids is 1. The minimum Gasteiger partial charge on any atom is -0.478 e. The maximum absolute atomic E-state index is 11.6. The van der Waals surface area contributed by atoms with E-state index in [0.717, 1.165) is 38.8 Å². The molecule has 3 aromatic rings. The lowest BCUT2D eigenvalue weighted by molar-refractivity contribution is 0.0696. The molecule has 0 aliphatic carbocycles. The van der Waals surface area contributed by atoms with Crippen LogP contribution in [0.3, 0.4) is 0 Å². The largest absolute Gasteiger partial charge is 0.478 e. The van der Waals surface area contributed by atoms with Crippen LogP contribution >= 0.6 is 0 Å². The van der Waals surface area contributed by atoms with E-state index >= 15 is 0 Å². The Morgan fingerprint density at radius 1 is 1.23 bits per heavy atom. The Bertz CT molecular complexity index is 980. The van der Waals surface area contributed by atoms with Gasteiger partial charge in [-0.15, -0.1) is 5.10 Å². The summed E-state index contributed by atoms with van der Waals surface area (Å²) in [5.74, 6) is -0.131. The van der Waals surface area contributed by atoms with Crippen molar-refractivity contribution in [2.75, 3.05) is 5.32 Å². The van der Waals surface area contributed by atoms with E-state index in [1.165, 1.54) is 0 Å². The summed E-state index contributed by atoms with van der Waals surface area (Å²) in [6.07, 6.45) is 2.40. The van der Waals surface area contributed by atoms with Gasteiger partial charge >= 0.3 is 5.97 Å². The molecule has 26 heavy (non-hydrogen) atoms. The number of carboxylic acid groups (broad SMARTS) is 1. The Morgan fingerprint density at radius 3 is 2.65 bits per heavy atom. The van der Waals surface area contributed by atoms with Gasteiger partial charge in [-0.2, -0.15) is 5.10 Å². The fourth-order valence-electron chi connectivity index (χ4n) is 3.36. The van der Waals surface area contributed by atoms with Crippen LogP contribution < -0.4 is 5.32 Å². The summed E-state index contributed by atoms with van der Waals surface area (Å²) < 4.78 is 0. The van der Waals surface area contributed by atoms with Gasteiger partial charge in [0.05, 0.1) is 11.8 Å². The third-order valence-electron chi connectivity index (χ3n) is 4.48. The van der Waals surface area contributed by atoms with Crippen molar-refractivity contribution in [2.45, 2.75) is 40.2 Å². The number of aryl methyl sites for hydroxylation is 1. The number of carboxylic acids is 1. The highest BCUT2D eigenvalue weighted by Gasteiger charge is 2.17. The molecule has 0 aliphatic heterocycles. The maximum Gasteiger partial charge on any atom is 0.335 e. The van der Waals surface area contributed by atoms with Crippen LogP contribution in [0.15, 0.2) is 36.5 Å². The molecule has 0 saturated carbocycles. The molecule has 5 heteroatoms. The Labute approximate surface area is 153 Å². The fraction of sp³-hybridized carbons (Fsp3) is 0.286. The lowest BCUT2D eigenvalue weighted by Gasteiger charge is -2.16. The number of carbonyl (C=O) groups is 1. The van der Waals surface area contributed by atoms with Crippen molar-refractivity contribution in [2.24, 2.45) is 0 Å². The predicted octanol–water partition coefficient (Wildman–Crippen LogP) is 4.69. The number of hydrogen-bond acceptors (Lipinski definition) is 4. The van der Waals surface area contributed by atoms with Crippen LogP contribution in [0.25, 0.3) is 21.9 Å². The average molecular weight is 349 g/mol. The van der Waals surface area contributed by atoms with E-state index in [-0.39, 0.29) is 6.04 Å². The van der Waals surface area contributed by atoms with Gasteiger partial charge in [-0.3, -0.25) is 0 Å². The predicted molar refractivity (Wildman–Crippen MR) is 105 cm³/mol.